The summed E-state index contributed by atoms with van der Waals surface area (Å²) < 4.78 is 27.4. The summed E-state index contributed by atoms with van der Waals surface area (Å²) >= 11 is 0. The second-order valence-electron chi connectivity index (χ2n) is 6.60. The Hall–Kier alpha value is -2.79. The van der Waals surface area contributed by atoms with Gasteiger partial charge in [-0.1, -0.05) is 0 Å². The zero-order chi connectivity index (χ0) is 20.3. The summed E-state index contributed by atoms with van der Waals surface area (Å²) in [5.41, 5.74) is 7.38. The van der Waals surface area contributed by atoms with Crippen molar-refractivity contribution in [1.29, 1.82) is 0 Å². The maximum atomic E-state index is 11.8. The molecule has 1 aliphatic carbocycles. The fraction of sp³-hybridized carbons (Fsp3) is 0.412. The molecule has 0 amide bonds. The number of aliphatic hydroxyl groups is 2. The standard InChI is InChI=1S/C17H24N6O4S/c1-28(26,27)21-14-10-12(17(25)22-6-2-3-7-22)4-5-13(14)20-15-11-19-23(8-9-24)16(15)18/h4-5,10-11,21,24-25H,2-3,6-9,18H2,1H3. The van der Waals surface area contributed by atoms with Gasteiger partial charge >= 0.3 is 0 Å². The smallest absolute Gasteiger partial charge is 0.229 e. The van der Waals surface area contributed by atoms with E-state index in [0.717, 1.165) is 32.2 Å². The molecule has 0 spiro atoms. The van der Waals surface area contributed by atoms with Gasteiger partial charge in [-0.25, -0.2) is 18.1 Å². The predicted molar refractivity (Wildman–Crippen MR) is 106 cm³/mol. The van der Waals surface area contributed by atoms with Gasteiger partial charge in [0.05, 0.1) is 37.0 Å². The molecule has 0 aromatic carbocycles. The third kappa shape index (κ3) is 4.54. The minimum absolute atomic E-state index is 0.107. The van der Waals surface area contributed by atoms with Gasteiger partial charge in [0.15, 0.2) is 5.88 Å². The fourth-order valence-electron chi connectivity index (χ4n) is 3.04. The van der Waals surface area contributed by atoms with Gasteiger partial charge < -0.3 is 20.8 Å². The first-order chi connectivity index (χ1) is 13.3. The van der Waals surface area contributed by atoms with Gasteiger partial charge in [0, 0.05) is 18.7 Å². The van der Waals surface area contributed by atoms with E-state index >= 15 is 0 Å². The van der Waals surface area contributed by atoms with Crippen LogP contribution in [0.15, 0.2) is 46.6 Å². The maximum absolute atomic E-state index is 11.8. The van der Waals surface area contributed by atoms with Crippen LogP contribution in [0.25, 0.3) is 0 Å². The van der Waals surface area contributed by atoms with Gasteiger partial charge in [0.25, 0.3) is 0 Å². The maximum Gasteiger partial charge on any atom is 0.229 e. The lowest BCUT2D eigenvalue weighted by atomic mass is 10.1. The minimum atomic E-state index is -3.57. The van der Waals surface area contributed by atoms with Gasteiger partial charge in [0.1, 0.15) is 11.5 Å². The molecule has 5 N–H and O–H groups in total. The summed E-state index contributed by atoms with van der Waals surface area (Å²) in [5.74, 6) is 0.366. The van der Waals surface area contributed by atoms with Crippen molar-refractivity contribution in [2.45, 2.75) is 19.4 Å². The number of hydrogen-bond acceptors (Lipinski definition) is 8. The predicted octanol–water partition coefficient (Wildman–Crippen LogP) is 0.398. The van der Waals surface area contributed by atoms with E-state index in [0.29, 0.717) is 17.0 Å². The monoisotopic (exact) mass is 408 g/mol. The number of nitrogens with zero attached hydrogens (tertiary/aromatic N) is 4. The van der Waals surface area contributed by atoms with E-state index in [1.807, 2.05) is 4.90 Å². The lowest BCUT2D eigenvalue weighted by Crippen LogP contribution is -2.27. The molecule has 1 aliphatic heterocycles. The second kappa shape index (κ2) is 8.07. The van der Waals surface area contributed by atoms with E-state index in [1.54, 1.807) is 18.2 Å². The summed E-state index contributed by atoms with van der Waals surface area (Å²) in [6.45, 7) is 1.63. The van der Waals surface area contributed by atoms with Crippen molar-refractivity contribution < 1.29 is 18.6 Å². The third-order valence-electron chi connectivity index (χ3n) is 4.37. The Labute approximate surface area is 163 Å². The first-order valence-corrected chi connectivity index (χ1v) is 10.7. The normalized spacial score (nSPS) is 20.6. The number of rotatable bonds is 6. The number of hydrogen-bond donors (Lipinski definition) is 4. The summed E-state index contributed by atoms with van der Waals surface area (Å²) in [6, 6.07) is 0. The van der Waals surface area contributed by atoms with Crippen molar-refractivity contribution >= 4 is 27.2 Å². The van der Waals surface area contributed by atoms with Crippen LogP contribution in [0.2, 0.25) is 0 Å². The van der Waals surface area contributed by atoms with Crippen molar-refractivity contribution in [3.8, 4) is 0 Å². The van der Waals surface area contributed by atoms with E-state index in [-0.39, 0.29) is 30.5 Å². The number of allylic oxidation sites excluding steroid dienone is 4. The highest BCUT2D eigenvalue weighted by Crippen LogP contribution is 2.25. The van der Waals surface area contributed by atoms with Crippen LogP contribution in [-0.2, 0) is 16.6 Å². The van der Waals surface area contributed by atoms with Crippen molar-refractivity contribution in [2.24, 2.45) is 4.99 Å². The van der Waals surface area contributed by atoms with E-state index in [4.69, 9.17) is 10.8 Å². The molecule has 0 unspecified atom stereocenters. The molecule has 0 atom stereocenters. The molecule has 3 rings (SSSR count). The molecule has 2 aliphatic rings. The van der Waals surface area contributed by atoms with Crippen LogP contribution >= 0.6 is 0 Å². The van der Waals surface area contributed by atoms with Crippen molar-refractivity contribution in [3.63, 3.8) is 0 Å². The topological polar surface area (TPSA) is 146 Å². The van der Waals surface area contributed by atoms with E-state index in [9.17, 15) is 13.5 Å². The zero-order valence-electron chi connectivity index (χ0n) is 15.5. The van der Waals surface area contributed by atoms with Gasteiger partial charge in [-0.3, -0.25) is 4.72 Å². The summed E-state index contributed by atoms with van der Waals surface area (Å²) in [5, 5.41) is 23.6. The molecule has 28 heavy (non-hydrogen) atoms. The van der Waals surface area contributed by atoms with Crippen LogP contribution in [-0.4, -0.2) is 65.0 Å². The van der Waals surface area contributed by atoms with E-state index in [1.165, 1.54) is 10.9 Å². The lowest BCUT2D eigenvalue weighted by molar-refractivity contribution is 0.230. The molecule has 1 saturated heterocycles. The molecule has 11 heteroatoms. The van der Waals surface area contributed by atoms with Crippen LogP contribution in [0.4, 0.5) is 11.5 Å². The van der Waals surface area contributed by atoms with Crippen molar-refractivity contribution in [3.05, 3.63) is 41.6 Å². The molecular weight excluding hydrogens is 384 g/mol. The minimum Gasteiger partial charge on any atom is -0.494 e. The molecular formula is C17H24N6O4S. The highest BCUT2D eigenvalue weighted by Gasteiger charge is 2.21. The number of nitrogen functional groups attached to an aromatic ring is 1. The number of aromatic nitrogens is 2. The molecule has 1 aromatic rings. The Morgan fingerprint density at radius 2 is 2.07 bits per heavy atom. The van der Waals surface area contributed by atoms with Crippen LogP contribution < -0.4 is 10.5 Å². The average Bonchev–Trinajstić information content (AvgIpc) is 3.27. The highest BCUT2D eigenvalue weighted by atomic mass is 32.2. The molecule has 2 heterocycles. The number of nitrogens with one attached hydrogen (secondary N) is 1. The van der Waals surface area contributed by atoms with Gasteiger partial charge in [-0.05, 0) is 31.1 Å². The number of nitrogens with two attached hydrogens (primary N) is 1. The lowest BCUT2D eigenvalue weighted by Gasteiger charge is -2.20. The highest BCUT2D eigenvalue weighted by molar-refractivity contribution is 7.88. The second-order valence-corrected chi connectivity index (χ2v) is 8.35. The molecule has 152 valence electrons. The average molecular weight is 408 g/mol. The molecule has 0 saturated carbocycles. The van der Waals surface area contributed by atoms with Crippen LogP contribution in [0, 0.1) is 0 Å². The SMILES string of the molecule is CS(=O)(=O)NC1=CC(=C(O)N2CCCC2)C=CC1=Nc1cnn(CCO)c1N. The Bertz CT molecular complexity index is 968. The van der Waals surface area contributed by atoms with E-state index < -0.39 is 10.0 Å². The molecule has 0 bridgehead atoms. The quantitative estimate of drug-likeness (QED) is 0.498. The van der Waals surface area contributed by atoms with E-state index in [2.05, 4.69) is 14.8 Å². The van der Waals surface area contributed by atoms with Crippen molar-refractivity contribution in [2.75, 3.05) is 31.7 Å². The Morgan fingerprint density at radius 3 is 2.71 bits per heavy atom. The molecule has 1 fully saturated rings. The molecule has 1 aromatic heterocycles. The van der Waals surface area contributed by atoms with Crippen molar-refractivity contribution in [1.82, 2.24) is 19.4 Å². The van der Waals surface area contributed by atoms with Crippen LogP contribution in [0.3, 0.4) is 0 Å². The van der Waals surface area contributed by atoms with Crippen LogP contribution in [0.1, 0.15) is 12.8 Å². The number of aliphatic hydroxyl groups excluding tert-OH is 2. The summed E-state index contributed by atoms with van der Waals surface area (Å²) in [6.07, 6.45) is 9.32. The molecule has 0 radical (unpaired) electrons. The first-order valence-electron chi connectivity index (χ1n) is 8.85. The summed E-state index contributed by atoms with van der Waals surface area (Å²) in [7, 11) is -3.57. The van der Waals surface area contributed by atoms with Gasteiger partial charge in [0.2, 0.25) is 10.0 Å². The Kier molecular flexibility index (Phi) is 5.75. The Balaban J connectivity index is 1.98. The molecule has 10 nitrogen and oxygen atoms in total. The fourth-order valence-corrected chi connectivity index (χ4v) is 3.60. The number of aliphatic imine (C=N–C) groups is 1. The number of likely N-dealkylation sites (tertiary alicyclic amines) is 1. The van der Waals surface area contributed by atoms with Gasteiger partial charge in [-0.2, -0.15) is 5.10 Å². The largest absolute Gasteiger partial charge is 0.494 e. The third-order valence-corrected chi connectivity index (χ3v) is 4.96. The Morgan fingerprint density at radius 1 is 1.36 bits per heavy atom. The van der Waals surface area contributed by atoms with Crippen LogP contribution in [0.5, 0.6) is 0 Å². The number of sulfonamides is 1. The van der Waals surface area contributed by atoms with Gasteiger partial charge in [-0.15, -0.1) is 0 Å². The number of anilines is 1. The summed E-state index contributed by atoms with van der Waals surface area (Å²) in [4.78, 5) is 6.26. The first kappa shape index (κ1) is 20.0. The zero-order valence-corrected chi connectivity index (χ0v) is 16.4.